The van der Waals surface area contributed by atoms with Gasteiger partial charge in [0.2, 0.25) is 5.91 Å². The molecule has 3 N–H and O–H groups in total. The number of nitrogens with one attached hydrogen (secondary N) is 3. The second-order valence-electron chi connectivity index (χ2n) is 7.12. The van der Waals surface area contributed by atoms with Gasteiger partial charge in [0.15, 0.2) is 5.96 Å². The van der Waals surface area contributed by atoms with Crippen molar-refractivity contribution in [1.82, 2.24) is 15.6 Å². The lowest BCUT2D eigenvalue weighted by atomic mass is 10.1. The molecule has 0 aliphatic rings. The highest BCUT2D eigenvalue weighted by Gasteiger charge is 2.07. The van der Waals surface area contributed by atoms with Crippen LogP contribution in [0.5, 0.6) is 5.75 Å². The van der Waals surface area contributed by atoms with Crippen LogP contribution < -0.4 is 20.7 Å². The minimum atomic E-state index is -0.105. The van der Waals surface area contributed by atoms with E-state index in [0.29, 0.717) is 44.5 Å². The molecule has 8 nitrogen and oxygen atoms in total. The molecule has 1 heterocycles. The Morgan fingerprint density at radius 1 is 1.13 bits per heavy atom. The number of guanidine groups is 1. The van der Waals surface area contributed by atoms with E-state index in [1.807, 2.05) is 38.1 Å². The summed E-state index contributed by atoms with van der Waals surface area (Å²) in [4.78, 5) is 20.6. The monoisotopic (exact) mass is 427 g/mol. The summed E-state index contributed by atoms with van der Waals surface area (Å²) in [5.41, 5.74) is 3.04. The maximum atomic E-state index is 12.1. The molecule has 0 spiro atoms. The van der Waals surface area contributed by atoms with Crippen LogP contribution in [0.3, 0.4) is 0 Å². The lowest BCUT2D eigenvalue weighted by molar-refractivity contribution is -0.116. The molecule has 168 valence electrons. The van der Waals surface area contributed by atoms with Gasteiger partial charge in [0.05, 0.1) is 6.61 Å². The first-order valence-corrected chi connectivity index (χ1v) is 10.4. The van der Waals surface area contributed by atoms with Crippen LogP contribution in [0.1, 0.15) is 29.7 Å². The summed E-state index contributed by atoms with van der Waals surface area (Å²) in [5, 5.41) is 9.22. The molecule has 1 aromatic heterocycles. The molecule has 2 rings (SSSR count). The van der Waals surface area contributed by atoms with E-state index in [-0.39, 0.29) is 5.91 Å². The molecular weight excluding hydrogens is 394 g/mol. The summed E-state index contributed by atoms with van der Waals surface area (Å²) in [6.45, 7) is 6.20. The minimum absolute atomic E-state index is 0.105. The molecule has 2 aromatic rings. The van der Waals surface area contributed by atoms with Gasteiger partial charge in [-0.2, -0.15) is 0 Å². The number of ether oxygens (including phenoxy) is 2. The van der Waals surface area contributed by atoms with E-state index >= 15 is 0 Å². The van der Waals surface area contributed by atoms with Crippen LogP contribution in [0.2, 0.25) is 0 Å². The average Bonchev–Trinajstić information content (AvgIpc) is 2.74. The van der Waals surface area contributed by atoms with Gasteiger partial charge in [-0.3, -0.25) is 9.79 Å². The molecule has 8 heteroatoms. The van der Waals surface area contributed by atoms with Gasteiger partial charge in [-0.25, -0.2) is 4.98 Å². The first kappa shape index (κ1) is 24.1. The maximum Gasteiger partial charge on any atom is 0.227 e. The molecule has 0 saturated carbocycles. The van der Waals surface area contributed by atoms with Crippen molar-refractivity contribution in [3.05, 3.63) is 53.2 Å². The van der Waals surface area contributed by atoms with Gasteiger partial charge in [-0.15, -0.1) is 0 Å². The summed E-state index contributed by atoms with van der Waals surface area (Å²) in [6, 6.07) is 11.7. The predicted octanol–water partition coefficient (Wildman–Crippen LogP) is 2.81. The quantitative estimate of drug-likeness (QED) is 0.290. The molecule has 0 saturated heterocycles. The first-order chi connectivity index (χ1) is 15.0. The van der Waals surface area contributed by atoms with Gasteiger partial charge >= 0.3 is 0 Å². The number of rotatable bonds is 11. The van der Waals surface area contributed by atoms with E-state index in [4.69, 9.17) is 9.47 Å². The first-order valence-electron chi connectivity index (χ1n) is 10.4. The average molecular weight is 428 g/mol. The Kier molecular flexibility index (Phi) is 10.3. The van der Waals surface area contributed by atoms with Gasteiger partial charge in [0.25, 0.3) is 0 Å². The molecule has 0 bridgehead atoms. The second-order valence-corrected chi connectivity index (χ2v) is 7.12. The fraction of sp³-hybridized carbons (Fsp3) is 0.435. The third-order valence-corrected chi connectivity index (χ3v) is 4.44. The summed E-state index contributed by atoms with van der Waals surface area (Å²) in [7, 11) is 3.38. The van der Waals surface area contributed by atoms with Gasteiger partial charge in [0, 0.05) is 58.0 Å². The predicted molar refractivity (Wildman–Crippen MR) is 124 cm³/mol. The number of carbonyl (C=O) groups excluding carboxylic acids is 1. The normalized spacial score (nSPS) is 11.2. The Balaban J connectivity index is 1.79. The molecule has 0 aliphatic carbocycles. The van der Waals surface area contributed by atoms with Crippen LogP contribution in [-0.4, -0.2) is 50.8 Å². The standard InChI is InChI=1S/C23H33N5O3/c1-17-9-10-19(20(15-17)31-14-6-13-30-4)16-26-23(24-3)25-12-11-22(29)28-21-8-5-7-18(2)27-21/h5,7-10,15H,6,11-14,16H2,1-4H3,(H2,24,25,26)(H,27,28,29). The Morgan fingerprint density at radius 2 is 1.97 bits per heavy atom. The van der Waals surface area contributed by atoms with Crippen molar-refractivity contribution in [2.24, 2.45) is 4.99 Å². The Morgan fingerprint density at radius 3 is 2.71 bits per heavy atom. The van der Waals surface area contributed by atoms with E-state index in [9.17, 15) is 4.79 Å². The molecule has 0 unspecified atom stereocenters. The van der Waals surface area contributed by atoms with Crippen molar-refractivity contribution < 1.29 is 14.3 Å². The molecule has 31 heavy (non-hydrogen) atoms. The van der Waals surface area contributed by atoms with Gasteiger partial charge in [-0.05, 0) is 37.6 Å². The number of amides is 1. The number of carbonyl (C=O) groups is 1. The number of aliphatic imine (C=N–C) groups is 1. The fourth-order valence-electron chi connectivity index (χ4n) is 2.84. The van der Waals surface area contributed by atoms with Crippen molar-refractivity contribution in [2.45, 2.75) is 33.2 Å². The van der Waals surface area contributed by atoms with Crippen LogP contribution in [-0.2, 0) is 16.1 Å². The van der Waals surface area contributed by atoms with Crippen LogP contribution in [0, 0.1) is 13.8 Å². The van der Waals surface area contributed by atoms with Crippen LogP contribution in [0.25, 0.3) is 0 Å². The Bertz CT molecular complexity index is 870. The van der Waals surface area contributed by atoms with Crippen molar-refractivity contribution in [2.75, 3.05) is 39.2 Å². The maximum absolute atomic E-state index is 12.1. The molecule has 0 aliphatic heterocycles. The van der Waals surface area contributed by atoms with E-state index in [1.54, 1.807) is 20.2 Å². The van der Waals surface area contributed by atoms with Crippen LogP contribution in [0.4, 0.5) is 5.82 Å². The largest absolute Gasteiger partial charge is 0.493 e. The summed E-state index contributed by atoms with van der Waals surface area (Å²) in [5.74, 6) is 1.92. The van der Waals surface area contributed by atoms with Crippen molar-refractivity contribution in [1.29, 1.82) is 0 Å². The zero-order valence-electron chi connectivity index (χ0n) is 18.8. The molecule has 1 amide bonds. The molecule has 0 fully saturated rings. The van der Waals surface area contributed by atoms with Crippen LogP contribution in [0.15, 0.2) is 41.4 Å². The highest BCUT2D eigenvalue weighted by molar-refractivity contribution is 5.90. The zero-order chi connectivity index (χ0) is 22.5. The number of hydrogen-bond acceptors (Lipinski definition) is 5. The van der Waals surface area contributed by atoms with Gasteiger partial charge in [-0.1, -0.05) is 18.2 Å². The number of pyridine rings is 1. The van der Waals surface area contributed by atoms with E-state index in [0.717, 1.165) is 29.0 Å². The number of hydrogen-bond donors (Lipinski definition) is 3. The SMILES string of the molecule is CN=C(NCCC(=O)Nc1cccc(C)n1)NCc1ccc(C)cc1OCCCOC. The van der Waals surface area contributed by atoms with Crippen molar-refractivity contribution in [3.63, 3.8) is 0 Å². The van der Waals surface area contributed by atoms with Crippen molar-refractivity contribution in [3.8, 4) is 5.75 Å². The summed E-state index contributed by atoms with van der Waals surface area (Å²) < 4.78 is 11.0. The number of aryl methyl sites for hydroxylation is 2. The Hall–Kier alpha value is -3.13. The smallest absolute Gasteiger partial charge is 0.227 e. The number of methoxy groups -OCH3 is 1. The number of benzene rings is 1. The lowest BCUT2D eigenvalue weighted by Gasteiger charge is -2.15. The zero-order valence-corrected chi connectivity index (χ0v) is 18.8. The minimum Gasteiger partial charge on any atom is -0.493 e. The summed E-state index contributed by atoms with van der Waals surface area (Å²) >= 11 is 0. The fourth-order valence-corrected chi connectivity index (χ4v) is 2.84. The molecular formula is C23H33N5O3. The third-order valence-electron chi connectivity index (χ3n) is 4.44. The third kappa shape index (κ3) is 9.04. The Labute approximate surface area is 184 Å². The van der Waals surface area contributed by atoms with Gasteiger partial charge < -0.3 is 25.4 Å². The van der Waals surface area contributed by atoms with E-state index in [2.05, 4.69) is 32.0 Å². The van der Waals surface area contributed by atoms with Crippen molar-refractivity contribution >= 4 is 17.7 Å². The highest BCUT2D eigenvalue weighted by Crippen LogP contribution is 2.20. The lowest BCUT2D eigenvalue weighted by Crippen LogP contribution is -2.38. The number of anilines is 1. The number of aromatic nitrogens is 1. The highest BCUT2D eigenvalue weighted by atomic mass is 16.5. The second kappa shape index (κ2) is 13.2. The molecule has 1 aromatic carbocycles. The number of nitrogens with zero attached hydrogens (tertiary/aromatic N) is 2. The van der Waals surface area contributed by atoms with Crippen LogP contribution >= 0.6 is 0 Å². The topological polar surface area (TPSA) is 96.9 Å². The molecule has 0 atom stereocenters. The van der Waals surface area contributed by atoms with Gasteiger partial charge in [0.1, 0.15) is 11.6 Å². The van der Waals surface area contributed by atoms with E-state index in [1.165, 1.54) is 0 Å². The molecule has 0 radical (unpaired) electrons. The van der Waals surface area contributed by atoms with E-state index < -0.39 is 0 Å². The summed E-state index contributed by atoms with van der Waals surface area (Å²) in [6.07, 6.45) is 1.13.